The molecular weight excluding hydrogens is 506 g/mol. The first-order valence-corrected chi connectivity index (χ1v) is 11.5. The molecule has 0 aliphatic carbocycles. The maximum Gasteiger partial charge on any atom is 0.416 e. The standard InChI is InChI=1S/C26H20F6O3S/c1-16-14-21(10-11-23(16)35-15-24(33)34)36-13-12-22(17-2-6-19(7-3-17)25(27,28)29)18-4-8-20(9-5-18)26(30,31)32/h2-12,14H,13,15H2,1H3,(H,33,34). The van der Waals surface area contributed by atoms with E-state index in [2.05, 4.69) is 0 Å². The Morgan fingerprint density at radius 2 is 1.36 bits per heavy atom. The second kappa shape index (κ2) is 11.1. The van der Waals surface area contributed by atoms with Crippen LogP contribution in [0.5, 0.6) is 5.75 Å². The minimum Gasteiger partial charge on any atom is -0.482 e. The normalized spacial score (nSPS) is 11.8. The zero-order chi connectivity index (χ0) is 26.5. The summed E-state index contributed by atoms with van der Waals surface area (Å²) in [5, 5.41) is 8.74. The summed E-state index contributed by atoms with van der Waals surface area (Å²) in [4.78, 5) is 11.5. The van der Waals surface area contributed by atoms with Crippen molar-refractivity contribution in [3.8, 4) is 5.75 Å². The van der Waals surface area contributed by atoms with Crippen molar-refractivity contribution in [3.63, 3.8) is 0 Å². The molecule has 0 amide bonds. The Morgan fingerprint density at radius 3 is 1.78 bits per heavy atom. The summed E-state index contributed by atoms with van der Waals surface area (Å²) in [6.07, 6.45) is -7.28. The summed E-state index contributed by atoms with van der Waals surface area (Å²) in [5.41, 5.74) is 0.411. The van der Waals surface area contributed by atoms with E-state index in [1.165, 1.54) is 36.0 Å². The van der Waals surface area contributed by atoms with Crippen LogP contribution in [0.4, 0.5) is 26.3 Å². The number of ether oxygens (including phenoxy) is 1. The van der Waals surface area contributed by atoms with E-state index >= 15 is 0 Å². The molecule has 10 heteroatoms. The van der Waals surface area contributed by atoms with Crippen molar-refractivity contribution in [1.29, 1.82) is 0 Å². The largest absolute Gasteiger partial charge is 0.482 e. The average Bonchev–Trinajstić information content (AvgIpc) is 2.80. The third kappa shape index (κ3) is 7.30. The highest BCUT2D eigenvalue weighted by Crippen LogP contribution is 2.34. The number of hydrogen-bond acceptors (Lipinski definition) is 3. The molecule has 0 saturated heterocycles. The zero-order valence-corrected chi connectivity index (χ0v) is 19.6. The molecule has 1 N–H and O–H groups in total. The van der Waals surface area contributed by atoms with Gasteiger partial charge in [0, 0.05) is 10.6 Å². The van der Waals surface area contributed by atoms with Gasteiger partial charge in [-0.3, -0.25) is 0 Å². The number of aryl methyl sites for hydroxylation is 1. The summed E-state index contributed by atoms with van der Waals surface area (Å²) >= 11 is 1.39. The Balaban J connectivity index is 1.86. The molecule has 0 bridgehead atoms. The third-order valence-electron chi connectivity index (χ3n) is 5.08. The molecule has 3 aromatic carbocycles. The maximum absolute atomic E-state index is 13.0. The van der Waals surface area contributed by atoms with Gasteiger partial charge < -0.3 is 9.84 Å². The Kier molecular flexibility index (Phi) is 8.39. The van der Waals surface area contributed by atoms with Crippen molar-refractivity contribution in [2.75, 3.05) is 12.4 Å². The third-order valence-corrected chi connectivity index (χ3v) is 6.00. The summed E-state index contributed by atoms with van der Waals surface area (Å²) < 4.78 is 83.1. The van der Waals surface area contributed by atoms with Gasteiger partial charge in [0.15, 0.2) is 6.61 Å². The molecule has 0 aromatic heterocycles. The minimum absolute atomic E-state index is 0.367. The van der Waals surface area contributed by atoms with Gasteiger partial charge in [-0.05, 0) is 71.7 Å². The van der Waals surface area contributed by atoms with E-state index in [1.54, 1.807) is 31.2 Å². The van der Waals surface area contributed by atoms with E-state index < -0.39 is 36.1 Å². The highest BCUT2D eigenvalue weighted by molar-refractivity contribution is 7.99. The summed E-state index contributed by atoms with van der Waals surface area (Å²) in [7, 11) is 0. The van der Waals surface area contributed by atoms with Crippen LogP contribution < -0.4 is 4.74 Å². The van der Waals surface area contributed by atoms with E-state index in [0.29, 0.717) is 28.2 Å². The molecule has 0 spiro atoms. The average molecular weight is 526 g/mol. The number of carbonyl (C=O) groups is 1. The zero-order valence-electron chi connectivity index (χ0n) is 18.8. The highest BCUT2D eigenvalue weighted by Gasteiger charge is 2.31. The molecule has 36 heavy (non-hydrogen) atoms. The molecule has 3 nitrogen and oxygen atoms in total. The van der Waals surface area contributed by atoms with Gasteiger partial charge in [-0.15, -0.1) is 11.8 Å². The molecule has 0 saturated carbocycles. The van der Waals surface area contributed by atoms with E-state index in [1.807, 2.05) is 0 Å². The van der Waals surface area contributed by atoms with Crippen LogP contribution in [-0.4, -0.2) is 23.4 Å². The van der Waals surface area contributed by atoms with Crippen LogP contribution in [0.2, 0.25) is 0 Å². The SMILES string of the molecule is Cc1cc(SCC=C(c2ccc(C(F)(F)F)cc2)c2ccc(C(F)(F)F)cc2)ccc1OCC(=O)O. The molecule has 0 radical (unpaired) electrons. The first-order valence-electron chi connectivity index (χ1n) is 10.5. The number of aliphatic carboxylic acids is 1. The van der Waals surface area contributed by atoms with Crippen LogP contribution in [-0.2, 0) is 17.1 Å². The predicted molar refractivity (Wildman–Crippen MR) is 125 cm³/mol. The number of halogens is 6. The maximum atomic E-state index is 13.0. The predicted octanol–water partition coefficient (Wildman–Crippen LogP) is 7.72. The molecule has 3 rings (SSSR count). The Labute approximate surface area is 207 Å². The number of carboxylic acids is 1. The van der Waals surface area contributed by atoms with Gasteiger partial charge in [0.05, 0.1) is 11.1 Å². The topological polar surface area (TPSA) is 46.5 Å². The van der Waals surface area contributed by atoms with Crippen molar-refractivity contribution in [2.24, 2.45) is 0 Å². The summed E-state index contributed by atoms with van der Waals surface area (Å²) in [5.74, 6) is -0.309. The van der Waals surface area contributed by atoms with Crippen LogP contribution in [0, 0.1) is 6.92 Å². The highest BCUT2D eigenvalue weighted by atomic mass is 32.2. The van der Waals surface area contributed by atoms with E-state index in [4.69, 9.17) is 9.84 Å². The molecule has 0 fully saturated rings. The summed E-state index contributed by atoms with van der Waals surface area (Å²) in [6.45, 7) is 1.28. The molecule has 0 unspecified atom stereocenters. The van der Waals surface area contributed by atoms with Crippen LogP contribution >= 0.6 is 11.8 Å². The van der Waals surface area contributed by atoms with Crippen molar-refractivity contribution in [1.82, 2.24) is 0 Å². The van der Waals surface area contributed by atoms with E-state index in [9.17, 15) is 31.1 Å². The van der Waals surface area contributed by atoms with Gasteiger partial charge in [-0.2, -0.15) is 26.3 Å². The molecule has 3 aromatic rings. The van der Waals surface area contributed by atoms with Crippen LogP contribution in [0.3, 0.4) is 0 Å². The van der Waals surface area contributed by atoms with Crippen molar-refractivity contribution in [3.05, 3.63) is 101 Å². The number of hydrogen-bond donors (Lipinski definition) is 1. The lowest BCUT2D eigenvalue weighted by molar-refractivity contribution is -0.139. The van der Waals surface area contributed by atoms with Crippen LogP contribution in [0.1, 0.15) is 27.8 Å². The van der Waals surface area contributed by atoms with Crippen molar-refractivity contribution >= 4 is 23.3 Å². The fourth-order valence-corrected chi connectivity index (χ4v) is 4.18. The monoisotopic (exact) mass is 526 g/mol. The number of benzene rings is 3. The number of carboxylic acid groups (broad SMARTS) is 1. The lowest BCUT2D eigenvalue weighted by atomic mass is 9.96. The van der Waals surface area contributed by atoms with Crippen molar-refractivity contribution in [2.45, 2.75) is 24.2 Å². The lowest BCUT2D eigenvalue weighted by Crippen LogP contribution is -2.09. The van der Waals surface area contributed by atoms with Gasteiger partial charge in [-0.1, -0.05) is 30.3 Å². The van der Waals surface area contributed by atoms with Crippen LogP contribution in [0.15, 0.2) is 77.7 Å². The molecule has 0 aliphatic rings. The van der Waals surface area contributed by atoms with Gasteiger partial charge >= 0.3 is 18.3 Å². The molecular formula is C26H20F6O3S. The van der Waals surface area contributed by atoms with Crippen molar-refractivity contribution < 1.29 is 41.0 Å². The first-order chi connectivity index (χ1) is 16.8. The quantitative estimate of drug-likeness (QED) is 0.241. The second-order valence-electron chi connectivity index (χ2n) is 7.69. The molecule has 190 valence electrons. The Hall–Kier alpha value is -3.40. The van der Waals surface area contributed by atoms with Gasteiger partial charge in [-0.25, -0.2) is 4.79 Å². The van der Waals surface area contributed by atoms with E-state index in [-0.39, 0.29) is 0 Å². The fraction of sp³-hybridized carbons (Fsp3) is 0.192. The van der Waals surface area contributed by atoms with Gasteiger partial charge in [0.1, 0.15) is 5.75 Å². The molecule has 0 atom stereocenters. The van der Waals surface area contributed by atoms with Crippen LogP contribution in [0.25, 0.3) is 5.57 Å². The first kappa shape index (κ1) is 27.2. The Bertz CT molecular complexity index is 1170. The smallest absolute Gasteiger partial charge is 0.416 e. The number of alkyl halides is 6. The lowest BCUT2D eigenvalue weighted by Gasteiger charge is -2.13. The Morgan fingerprint density at radius 1 is 0.861 bits per heavy atom. The minimum atomic E-state index is -4.51. The fourth-order valence-electron chi connectivity index (χ4n) is 3.31. The molecule has 0 aliphatic heterocycles. The second-order valence-corrected chi connectivity index (χ2v) is 8.78. The molecule has 0 heterocycles. The van der Waals surface area contributed by atoms with Gasteiger partial charge in [0.2, 0.25) is 0 Å². The summed E-state index contributed by atoms with van der Waals surface area (Å²) in [6, 6.07) is 14.0. The van der Waals surface area contributed by atoms with E-state index in [0.717, 1.165) is 34.7 Å². The van der Waals surface area contributed by atoms with Gasteiger partial charge in [0.25, 0.3) is 0 Å². The number of rotatable bonds is 8. The number of thioether (sulfide) groups is 1.